The number of hydrogen-bond acceptors (Lipinski definition) is 9. The molecule has 0 spiro atoms. The van der Waals surface area contributed by atoms with Gasteiger partial charge >= 0.3 is 0 Å². The van der Waals surface area contributed by atoms with Gasteiger partial charge in [0.15, 0.2) is 10.9 Å². The Kier molecular flexibility index (Phi) is 9.08. The number of benzene rings is 1. The highest BCUT2D eigenvalue weighted by atomic mass is 32.2. The number of aromatic nitrogens is 2. The largest absolute Gasteiger partial charge is 0.484 e. The first-order valence-electron chi connectivity index (χ1n) is 9.91. The smallest absolute Gasteiger partial charge is 0.269 e. The van der Waals surface area contributed by atoms with E-state index in [4.69, 9.17) is 4.74 Å². The zero-order chi connectivity index (χ0) is 21.9. The molecule has 0 atom stereocenters. The van der Waals surface area contributed by atoms with Gasteiger partial charge in [-0.25, -0.2) is 0 Å². The van der Waals surface area contributed by atoms with Crippen LogP contribution in [0.15, 0.2) is 28.6 Å². The van der Waals surface area contributed by atoms with Gasteiger partial charge in [-0.15, -0.1) is 10.2 Å². The Morgan fingerprint density at radius 2 is 1.94 bits per heavy atom. The van der Waals surface area contributed by atoms with Crippen LogP contribution in [0.4, 0.5) is 10.8 Å². The molecule has 1 aromatic heterocycles. The van der Waals surface area contributed by atoms with Crippen molar-refractivity contribution in [1.29, 1.82) is 0 Å². The summed E-state index contributed by atoms with van der Waals surface area (Å²) < 4.78 is 6.06. The van der Waals surface area contributed by atoms with Crippen molar-refractivity contribution < 1.29 is 14.5 Å². The first-order chi connectivity index (χ1) is 15.1. The summed E-state index contributed by atoms with van der Waals surface area (Å²) in [7, 11) is 0. The average molecular weight is 462 g/mol. The van der Waals surface area contributed by atoms with Crippen LogP contribution in [-0.2, 0) is 4.79 Å². The van der Waals surface area contributed by atoms with E-state index in [2.05, 4.69) is 32.3 Å². The van der Waals surface area contributed by atoms with Crippen molar-refractivity contribution in [3.63, 3.8) is 0 Å². The van der Waals surface area contributed by atoms with E-state index in [9.17, 15) is 14.9 Å². The predicted molar refractivity (Wildman–Crippen MR) is 121 cm³/mol. The number of nitro groups is 1. The van der Waals surface area contributed by atoms with Crippen molar-refractivity contribution in [1.82, 2.24) is 15.1 Å². The van der Waals surface area contributed by atoms with Gasteiger partial charge in [0.25, 0.3) is 11.6 Å². The van der Waals surface area contributed by atoms with Gasteiger partial charge in [-0.05, 0) is 38.1 Å². The van der Waals surface area contributed by atoms with E-state index in [1.54, 1.807) is 0 Å². The molecule has 1 N–H and O–H groups in total. The quantitative estimate of drug-likeness (QED) is 0.209. The number of non-ortho nitro benzene ring substituents is 1. The highest BCUT2D eigenvalue weighted by molar-refractivity contribution is 8.01. The average Bonchev–Trinajstić information content (AvgIpc) is 3.04. The second kappa shape index (κ2) is 12.2. The topological polar surface area (TPSA) is 110 Å². The van der Waals surface area contributed by atoms with E-state index in [0.29, 0.717) is 16.6 Å². The summed E-state index contributed by atoms with van der Waals surface area (Å²) in [5, 5.41) is 21.7. The molecule has 0 aliphatic carbocycles. The maximum absolute atomic E-state index is 12.0. The summed E-state index contributed by atoms with van der Waals surface area (Å²) in [6.07, 6.45) is 5.15. The molecule has 0 bridgehead atoms. The van der Waals surface area contributed by atoms with Gasteiger partial charge in [0.2, 0.25) is 5.13 Å². The first kappa shape index (κ1) is 23.0. The number of nitro benzene ring substituents is 1. The molecule has 1 saturated heterocycles. The van der Waals surface area contributed by atoms with Crippen molar-refractivity contribution in [2.75, 3.05) is 37.3 Å². The molecule has 3 rings (SSSR count). The predicted octanol–water partition coefficient (Wildman–Crippen LogP) is 3.44. The summed E-state index contributed by atoms with van der Waals surface area (Å²) >= 11 is 2.77. The van der Waals surface area contributed by atoms with E-state index in [1.807, 2.05) is 0 Å². The minimum atomic E-state index is -0.497. The van der Waals surface area contributed by atoms with Crippen molar-refractivity contribution in [2.24, 2.45) is 0 Å². The van der Waals surface area contributed by atoms with E-state index in [0.717, 1.165) is 24.0 Å². The molecular formula is C20H23N5O4S2. The fourth-order valence-corrected chi connectivity index (χ4v) is 4.44. The highest BCUT2D eigenvalue weighted by Gasteiger charge is 2.10. The normalized spacial score (nSPS) is 14.2. The number of carbonyl (C=O) groups excluding carboxylic acids is 1. The Labute approximate surface area is 188 Å². The van der Waals surface area contributed by atoms with Gasteiger partial charge in [-0.2, -0.15) is 0 Å². The number of nitrogens with zero attached hydrogens (tertiary/aromatic N) is 4. The Morgan fingerprint density at radius 3 is 2.65 bits per heavy atom. The molecule has 11 heteroatoms. The van der Waals surface area contributed by atoms with Gasteiger partial charge in [0, 0.05) is 12.1 Å². The SMILES string of the molecule is O=C(COc1ccc([N+](=O)[O-])cc1)Nc1nnc(SCC#CCN2CCCCCC2)s1. The maximum Gasteiger partial charge on any atom is 0.269 e. The zero-order valence-corrected chi connectivity index (χ0v) is 18.5. The number of thioether (sulfide) groups is 1. The second-order valence-electron chi connectivity index (χ2n) is 6.79. The molecule has 0 radical (unpaired) electrons. The third-order valence-electron chi connectivity index (χ3n) is 4.46. The summed E-state index contributed by atoms with van der Waals surface area (Å²) in [5.74, 6) is 6.99. The van der Waals surface area contributed by atoms with Crippen LogP contribution < -0.4 is 10.1 Å². The van der Waals surface area contributed by atoms with Gasteiger partial charge in [0.05, 0.1) is 17.2 Å². The summed E-state index contributed by atoms with van der Waals surface area (Å²) in [6, 6.07) is 5.52. The van der Waals surface area contributed by atoms with E-state index in [1.165, 1.54) is 73.0 Å². The van der Waals surface area contributed by atoms with Gasteiger partial charge in [-0.3, -0.25) is 25.1 Å². The van der Waals surface area contributed by atoms with Crippen molar-refractivity contribution in [3.8, 4) is 17.6 Å². The number of ether oxygens (including phenoxy) is 1. The standard InChI is InChI=1S/C20H23N5O4S2/c26-18(15-29-17-9-7-16(8-10-17)25(27)28)21-19-22-23-20(31-19)30-14-6-5-13-24-11-3-1-2-4-12-24/h7-10H,1-4,11-15H2,(H,21,22,26). The number of rotatable bonds is 8. The van der Waals surface area contributed by atoms with Gasteiger partial charge < -0.3 is 4.74 Å². The third kappa shape index (κ3) is 8.16. The Hall–Kier alpha value is -2.68. The number of carbonyl (C=O) groups is 1. The number of likely N-dealkylation sites (tertiary alicyclic amines) is 1. The molecule has 1 aromatic carbocycles. The van der Waals surface area contributed by atoms with Crippen molar-refractivity contribution >= 4 is 39.8 Å². The zero-order valence-electron chi connectivity index (χ0n) is 16.9. The minimum Gasteiger partial charge on any atom is -0.484 e. The van der Waals surface area contributed by atoms with Crippen LogP contribution in [0.25, 0.3) is 0 Å². The lowest BCUT2D eigenvalue weighted by Crippen LogP contribution is -2.24. The molecule has 1 aliphatic rings. The van der Waals surface area contributed by atoms with Crippen LogP contribution in [0.2, 0.25) is 0 Å². The number of amides is 1. The lowest BCUT2D eigenvalue weighted by atomic mass is 10.2. The van der Waals surface area contributed by atoms with E-state index >= 15 is 0 Å². The molecule has 0 unspecified atom stereocenters. The summed E-state index contributed by atoms with van der Waals surface area (Å²) in [5.41, 5.74) is -0.0395. The first-order valence-corrected chi connectivity index (χ1v) is 11.7. The number of anilines is 1. The molecule has 31 heavy (non-hydrogen) atoms. The molecule has 9 nitrogen and oxygen atoms in total. The Balaban J connectivity index is 1.35. The summed E-state index contributed by atoms with van der Waals surface area (Å²) in [6.45, 7) is 2.85. The lowest BCUT2D eigenvalue weighted by Gasteiger charge is -2.15. The third-order valence-corrected chi connectivity index (χ3v) is 6.32. The van der Waals surface area contributed by atoms with Crippen LogP contribution in [0.1, 0.15) is 25.7 Å². The van der Waals surface area contributed by atoms with E-state index < -0.39 is 4.92 Å². The highest BCUT2D eigenvalue weighted by Crippen LogP contribution is 2.25. The number of nitrogens with one attached hydrogen (secondary N) is 1. The maximum atomic E-state index is 12.0. The van der Waals surface area contributed by atoms with Gasteiger partial charge in [-0.1, -0.05) is 47.8 Å². The van der Waals surface area contributed by atoms with Crippen LogP contribution in [0.3, 0.4) is 0 Å². The summed E-state index contributed by atoms with van der Waals surface area (Å²) in [4.78, 5) is 24.5. The van der Waals surface area contributed by atoms with Crippen LogP contribution in [-0.4, -0.2) is 57.9 Å². The molecule has 1 aliphatic heterocycles. The van der Waals surface area contributed by atoms with Crippen molar-refractivity contribution in [2.45, 2.75) is 30.0 Å². The van der Waals surface area contributed by atoms with Gasteiger partial charge in [0.1, 0.15) is 5.75 Å². The fourth-order valence-electron chi connectivity index (χ4n) is 2.90. The monoisotopic (exact) mass is 461 g/mol. The van der Waals surface area contributed by atoms with Crippen LogP contribution >= 0.6 is 23.1 Å². The molecule has 2 heterocycles. The van der Waals surface area contributed by atoms with Crippen LogP contribution in [0.5, 0.6) is 5.75 Å². The minimum absolute atomic E-state index is 0.0395. The molecule has 1 amide bonds. The van der Waals surface area contributed by atoms with Crippen molar-refractivity contribution in [3.05, 3.63) is 34.4 Å². The Bertz CT molecular complexity index is 931. The molecular weight excluding hydrogens is 438 g/mol. The van der Waals surface area contributed by atoms with Crippen LogP contribution in [0, 0.1) is 22.0 Å². The second-order valence-corrected chi connectivity index (χ2v) is 8.99. The lowest BCUT2D eigenvalue weighted by molar-refractivity contribution is -0.384. The Morgan fingerprint density at radius 1 is 1.19 bits per heavy atom. The number of hydrogen-bond donors (Lipinski definition) is 1. The molecule has 2 aromatic rings. The fraction of sp³-hybridized carbons (Fsp3) is 0.450. The van der Waals surface area contributed by atoms with E-state index in [-0.39, 0.29) is 18.2 Å². The molecule has 0 saturated carbocycles. The molecule has 164 valence electrons. The molecule has 1 fully saturated rings.